The molecule has 0 N–H and O–H groups in total. The molecule has 0 amide bonds. The van der Waals surface area contributed by atoms with Crippen LogP contribution in [0.25, 0.3) is 0 Å². The molecule has 0 aliphatic carbocycles. The number of hydrogen-bond acceptors (Lipinski definition) is 5. The topological polar surface area (TPSA) is 40.2 Å². The molecule has 3 aromatic rings. The van der Waals surface area contributed by atoms with Gasteiger partial charge in [-0.3, -0.25) is 0 Å². The van der Waals surface area contributed by atoms with E-state index in [1.54, 1.807) is 14.2 Å². The van der Waals surface area contributed by atoms with Crippen LogP contribution < -0.4 is 18.9 Å². The molecule has 164 valence electrons. The minimum atomic E-state index is 0.371. The molecule has 3 rings (SSSR count). The summed E-state index contributed by atoms with van der Waals surface area (Å²) < 4.78 is 22.6. The highest BCUT2D eigenvalue weighted by Crippen LogP contribution is 2.38. The molecule has 0 bridgehead atoms. The third kappa shape index (κ3) is 6.54. The van der Waals surface area contributed by atoms with Crippen molar-refractivity contribution in [2.75, 3.05) is 28.3 Å². The molecule has 5 nitrogen and oxygen atoms in total. The van der Waals surface area contributed by atoms with Gasteiger partial charge in [0.15, 0.2) is 11.5 Å². The van der Waals surface area contributed by atoms with E-state index in [4.69, 9.17) is 30.5 Å². The van der Waals surface area contributed by atoms with Gasteiger partial charge in [0, 0.05) is 6.54 Å². The standard InChI is InChI=1S/C25H28ClNO4/c1-27(2)15-20-13-23(26)25(31-17-19-7-11-22(29-4)12-8-19)24(14-20)30-16-18-5-9-21(28-3)10-6-18/h5-14H,15-17H2,1-4H3. The van der Waals surface area contributed by atoms with Gasteiger partial charge in [0.25, 0.3) is 0 Å². The van der Waals surface area contributed by atoms with Crippen LogP contribution in [0.1, 0.15) is 16.7 Å². The van der Waals surface area contributed by atoms with Gasteiger partial charge in [-0.2, -0.15) is 0 Å². The largest absolute Gasteiger partial charge is 0.497 e. The quantitative estimate of drug-likeness (QED) is 0.411. The molecule has 0 aromatic heterocycles. The van der Waals surface area contributed by atoms with Crippen molar-refractivity contribution in [3.05, 3.63) is 82.4 Å². The fourth-order valence-corrected chi connectivity index (χ4v) is 3.37. The summed E-state index contributed by atoms with van der Waals surface area (Å²) in [6, 6.07) is 19.4. The third-order valence-electron chi connectivity index (χ3n) is 4.66. The Kier molecular flexibility index (Phi) is 8.04. The van der Waals surface area contributed by atoms with Gasteiger partial charge in [-0.1, -0.05) is 35.9 Å². The summed E-state index contributed by atoms with van der Waals surface area (Å²) in [5, 5.41) is 0.526. The number of ether oxygens (including phenoxy) is 4. The van der Waals surface area contributed by atoms with Crippen molar-refractivity contribution in [2.24, 2.45) is 0 Å². The summed E-state index contributed by atoms with van der Waals surface area (Å²) in [5.41, 5.74) is 3.09. The predicted molar refractivity (Wildman–Crippen MR) is 123 cm³/mol. The van der Waals surface area contributed by atoms with Gasteiger partial charge in [-0.05, 0) is 67.2 Å². The fraction of sp³-hybridized carbons (Fsp3) is 0.280. The molecule has 0 radical (unpaired) electrons. The normalized spacial score (nSPS) is 10.8. The van der Waals surface area contributed by atoms with Crippen molar-refractivity contribution >= 4 is 11.6 Å². The van der Waals surface area contributed by atoms with Crippen LogP contribution in [0.4, 0.5) is 0 Å². The van der Waals surface area contributed by atoms with Crippen LogP contribution >= 0.6 is 11.6 Å². The molecule has 0 saturated heterocycles. The van der Waals surface area contributed by atoms with Gasteiger partial charge < -0.3 is 23.8 Å². The fourth-order valence-electron chi connectivity index (χ4n) is 3.09. The predicted octanol–water partition coefficient (Wildman–Crippen LogP) is 5.58. The molecule has 0 unspecified atom stereocenters. The Morgan fingerprint density at radius 2 is 1.23 bits per heavy atom. The second kappa shape index (κ2) is 10.9. The molecule has 0 atom stereocenters. The van der Waals surface area contributed by atoms with Crippen molar-refractivity contribution in [3.63, 3.8) is 0 Å². The highest BCUT2D eigenvalue weighted by molar-refractivity contribution is 6.32. The van der Waals surface area contributed by atoms with Gasteiger partial charge >= 0.3 is 0 Å². The zero-order valence-electron chi connectivity index (χ0n) is 18.4. The molecule has 0 heterocycles. The van der Waals surface area contributed by atoms with Crippen molar-refractivity contribution in [3.8, 4) is 23.0 Å². The first-order chi connectivity index (χ1) is 15.0. The molecule has 0 fully saturated rings. The zero-order valence-corrected chi connectivity index (χ0v) is 19.1. The van der Waals surface area contributed by atoms with Gasteiger partial charge in [0.1, 0.15) is 24.7 Å². The van der Waals surface area contributed by atoms with Crippen LogP contribution in [0.15, 0.2) is 60.7 Å². The second-order valence-corrected chi connectivity index (χ2v) is 7.82. The number of benzene rings is 3. The zero-order chi connectivity index (χ0) is 22.2. The molecular formula is C25H28ClNO4. The van der Waals surface area contributed by atoms with Crippen molar-refractivity contribution in [1.29, 1.82) is 0 Å². The molecule has 0 saturated carbocycles. The van der Waals surface area contributed by atoms with Crippen LogP contribution in [-0.4, -0.2) is 33.2 Å². The van der Waals surface area contributed by atoms with Gasteiger partial charge in [-0.15, -0.1) is 0 Å². The molecule has 31 heavy (non-hydrogen) atoms. The first kappa shape index (κ1) is 22.8. The Labute approximate surface area is 189 Å². The lowest BCUT2D eigenvalue weighted by molar-refractivity contribution is 0.255. The van der Waals surface area contributed by atoms with Crippen molar-refractivity contribution in [1.82, 2.24) is 4.90 Å². The number of halogens is 1. The summed E-state index contributed by atoms with van der Waals surface area (Å²) in [6.07, 6.45) is 0. The third-order valence-corrected chi connectivity index (χ3v) is 4.94. The van der Waals surface area contributed by atoms with E-state index in [1.165, 1.54) is 0 Å². The summed E-state index contributed by atoms with van der Waals surface area (Å²) in [5.74, 6) is 2.77. The summed E-state index contributed by atoms with van der Waals surface area (Å²) >= 11 is 6.59. The van der Waals surface area contributed by atoms with Gasteiger partial charge in [0.05, 0.1) is 19.2 Å². The van der Waals surface area contributed by atoms with E-state index in [0.29, 0.717) is 29.7 Å². The smallest absolute Gasteiger partial charge is 0.180 e. The average molecular weight is 442 g/mol. The maximum atomic E-state index is 6.59. The Hall–Kier alpha value is -2.89. The van der Waals surface area contributed by atoms with E-state index in [0.717, 1.165) is 34.7 Å². The lowest BCUT2D eigenvalue weighted by atomic mass is 10.2. The SMILES string of the molecule is COc1ccc(COc2cc(CN(C)C)cc(Cl)c2OCc2ccc(OC)cc2)cc1. The van der Waals surface area contributed by atoms with E-state index >= 15 is 0 Å². The highest BCUT2D eigenvalue weighted by Gasteiger charge is 2.14. The van der Waals surface area contributed by atoms with E-state index in [-0.39, 0.29) is 0 Å². The Bertz CT molecular complexity index is 972. The van der Waals surface area contributed by atoms with E-state index < -0.39 is 0 Å². The number of nitrogens with zero attached hydrogens (tertiary/aromatic N) is 1. The van der Waals surface area contributed by atoms with Crippen molar-refractivity contribution < 1.29 is 18.9 Å². The van der Waals surface area contributed by atoms with Crippen LogP contribution in [0.2, 0.25) is 5.02 Å². The van der Waals surface area contributed by atoms with Crippen LogP contribution in [0.3, 0.4) is 0 Å². The number of hydrogen-bond donors (Lipinski definition) is 0. The second-order valence-electron chi connectivity index (χ2n) is 7.42. The minimum Gasteiger partial charge on any atom is -0.497 e. The van der Waals surface area contributed by atoms with E-state index in [1.807, 2.05) is 74.8 Å². The van der Waals surface area contributed by atoms with E-state index in [2.05, 4.69) is 4.90 Å². The van der Waals surface area contributed by atoms with Crippen LogP contribution in [0, 0.1) is 0 Å². The highest BCUT2D eigenvalue weighted by atomic mass is 35.5. The molecule has 3 aromatic carbocycles. The molecule has 0 aliphatic heterocycles. The lowest BCUT2D eigenvalue weighted by Gasteiger charge is -2.18. The lowest BCUT2D eigenvalue weighted by Crippen LogP contribution is -2.11. The molecular weight excluding hydrogens is 414 g/mol. The summed E-state index contributed by atoms with van der Waals surface area (Å²) in [4.78, 5) is 2.08. The summed E-state index contributed by atoms with van der Waals surface area (Å²) in [7, 11) is 7.32. The maximum absolute atomic E-state index is 6.59. The average Bonchev–Trinajstić information content (AvgIpc) is 2.77. The monoisotopic (exact) mass is 441 g/mol. The van der Waals surface area contributed by atoms with Crippen LogP contribution in [0.5, 0.6) is 23.0 Å². The van der Waals surface area contributed by atoms with Gasteiger partial charge in [-0.25, -0.2) is 0 Å². The maximum Gasteiger partial charge on any atom is 0.180 e. The van der Waals surface area contributed by atoms with E-state index in [9.17, 15) is 0 Å². The molecule has 0 aliphatic rings. The van der Waals surface area contributed by atoms with Gasteiger partial charge in [0.2, 0.25) is 0 Å². The first-order valence-corrected chi connectivity index (χ1v) is 10.3. The first-order valence-electron chi connectivity index (χ1n) is 9.97. The van der Waals surface area contributed by atoms with Crippen LogP contribution in [-0.2, 0) is 19.8 Å². The molecule has 6 heteroatoms. The van der Waals surface area contributed by atoms with Crippen molar-refractivity contribution in [2.45, 2.75) is 19.8 Å². The Morgan fingerprint density at radius 1 is 0.710 bits per heavy atom. The number of methoxy groups -OCH3 is 2. The molecule has 0 spiro atoms. The Balaban J connectivity index is 1.79. The summed E-state index contributed by atoms with van der Waals surface area (Å²) in [6.45, 7) is 1.51. The Morgan fingerprint density at radius 3 is 1.71 bits per heavy atom. The minimum absolute atomic E-state index is 0.371. The number of rotatable bonds is 10.